The highest BCUT2D eigenvalue weighted by molar-refractivity contribution is 6.36. The Hall–Kier alpha value is -1.53. The quantitative estimate of drug-likeness (QED) is 0.801. The van der Waals surface area contributed by atoms with E-state index in [0.29, 0.717) is 15.8 Å². The monoisotopic (exact) mass is 322 g/mol. The second-order valence-corrected chi connectivity index (χ2v) is 4.83. The van der Waals surface area contributed by atoms with Crippen molar-refractivity contribution in [3.05, 3.63) is 50.2 Å². The average molecular weight is 323 g/mol. The van der Waals surface area contributed by atoms with Gasteiger partial charge in [-0.05, 0) is 18.2 Å². The van der Waals surface area contributed by atoms with Gasteiger partial charge in [0.25, 0.3) is 0 Å². The number of nitrogens with zero attached hydrogens (tertiary/aromatic N) is 2. The van der Waals surface area contributed by atoms with Gasteiger partial charge in [-0.25, -0.2) is 0 Å². The molecule has 0 saturated heterocycles. The smallest absolute Gasteiger partial charge is 0.287 e. The van der Waals surface area contributed by atoms with Crippen LogP contribution in [-0.2, 0) is 13.2 Å². The van der Waals surface area contributed by atoms with E-state index in [-0.39, 0.29) is 16.3 Å². The molecule has 106 valence electrons. The topological polar surface area (TPSA) is 34.9 Å². The van der Waals surface area contributed by atoms with E-state index in [1.807, 2.05) is 0 Å². The van der Waals surface area contributed by atoms with Gasteiger partial charge in [-0.3, -0.25) is 9.48 Å². The van der Waals surface area contributed by atoms with E-state index in [1.54, 1.807) is 0 Å². The number of aryl methyl sites for hydroxylation is 1. The molecule has 3 nitrogen and oxygen atoms in total. The number of aromatic nitrogens is 2. The van der Waals surface area contributed by atoms with Gasteiger partial charge in [-0.2, -0.15) is 18.3 Å². The first-order valence-electron chi connectivity index (χ1n) is 5.31. The van der Waals surface area contributed by atoms with Gasteiger partial charge in [0.15, 0.2) is 0 Å². The predicted molar refractivity (Wildman–Crippen MR) is 69.9 cm³/mol. The van der Waals surface area contributed by atoms with Crippen LogP contribution >= 0.6 is 23.2 Å². The van der Waals surface area contributed by atoms with Crippen molar-refractivity contribution in [1.82, 2.24) is 9.78 Å². The number of hydrogen-bond donors (Lipinski definition) is 0. The van der Waals surface area contributed by atoms with E-state index in [1.165, 1.54) is 18.2 Å². The molecule has 0 unspecified atom stereocenters. The third-order valence-electron chi connectivity index (χ3n) is 2.58. The summed E-state index contributed by atoms with van der Waals surface area (Å²) < 4.78 is 38.6. The van der Waals surface area contributed by atoms with Crippen LogP contribution in [0.3, 0.4) is 0 Å². The molecule has 0 amide bonds. The molecule has 1 aromatic heterocycles. The molecular weight excluding hydrogens is 316 g/mol. The van der Waals surface area contributed by atoms with Crippen LogP contribution in [0.1, 0.15) is 5.69 Å². The summed E-state index contributed by atoms with van der Waals surface area (Å²) in [5.41, 5.74) is -1.93. The summed E-state index contributed by atoms with van der Waals surface area (Å²) in [6.45, 7) is 0. The highest BCUT2D eigenvalue weighted by Gasteiger charge is 2.34. The van der Waals surface area contributed by atoms with Crippen molar-refractivity contribution >= 4 is 23.2 Å². The Morgan fingerprint density at radius 1 is 1.20 bits per heavy atom. The first-order valence-corrected chi connectivity index (χ1v) is 6.06. The lowest BCUT2D eigenvalue weighted by atomic mass is 10.1. The molecule has 1 aromatic carbocycles. The van der Waals surface area contributed by atoms with Crippen molar-refractivity contribution in [3.63, 3.8) is 0 Å². The molecular formula is C12H7Cl2F3N2O. The molecule has 0 atom stereocenters. The van der Waals surface area contributed by atoms with Crippen LogP contribution in [0, 0.1) is 0 Å². The van der Waals surface area contributed by atoms with Gasteiger partial charge in [0.1, 0.15) is 11.4 Å². The second kappa shape index (κ2) is 5.10. The van der Waals surface area contributed by atoms with E-state index in [2.05, 4.69) is 5.10 Å². The zero-order chi connectivity index (χ0) is 15.1. The van der Waals surface area contributed by atoms with Gasteiger partial charge >= 0.3 is 6.18 Å². The van der Waals surface area contributed by atoms with E-state index < -0.39 is 17.3 Å². The normalized spacial score (nSPS) is 11.7. The lowest BCUT2D eigenvalue weighted by Crippen LogP contribution is -2.22. The zero-order valence-corrected chi connectivity index (χ0v) is 11.5. The fourth-order valence-corrected chi connectivity index (χ4v) is 2.17. The van der Waals surface area contributed by atoms with Crippen molar-refractivity contribution in [1.29, 1.82) is 0 Å². The molecule has 2 aromatic rings. The van der Waals surface area contributed by atoms with Crippen molar-refractivity contribution < 1.29 is 13.2 Å². The summed E-state index contributed by atoms with van der Waals surface area (Å²) in [6, 6.07) is 4.79. The Kier molecular flexibility index (Phi) is 3.80. The molecule has 0 fully saturated rings. The number of halogens is 5. The van der Waals surface area contributed by atoms with Crippen LogP contribution in [0.25, 0.3) is 11.3 Å². The number of benzene rings is 1. The zero-order valence-electron chi connectivity index (χ0n) is 10.0. The summed E-state index contributed by atoms with van der Waals surface area (Å²) in [5, 5.41) is 4.15. The molecule has 0 aliphatic heterocycles. The van der Waals surface area contributed by atoms with Gasteiger partial charge in [0.2, 0.25) is 5.43 Å². The number of hydrogen-bond acceptors (Lipinski definition) is 2. The molecule has 0 aliphatic carbocycles. The minimum atomic E-state index is -4.65. The van der Waals surface area contributed by atoms with Crippen LogP contribution in [0.15, 0.2) is 29.1 Å². The molecule has 20 heavy (non-hydrogen) atoms. The van der Waals surface area contributed by atoms with E-state index in [9.17, 15) is 18.0 Å². The molecule has 0 radical (unpaired) electrons. The fourth-order valence-electron chi connectivity index (χ4n) is 1.67. The molecule has 0 spiro atoms. The fraction of sp³-hybridized carbons (Fsp3) is 0.167. The Morgan fingerprint density at radius 2 is 1.85 bits per heavy atom. The highest BCUT2D eigenvalue weighted by atomic mass is 35.5. The summed E-state index contributed by atoms with van der Waals surface area (Å²) in [6.07, 6.45) is -4.65. The van der Waals surface area contributed by atoms with Crippen molar-refractivity contribution in [2.75, 3.05) is 0 Å². The van der Waals surface area contributed by atoms with E-state index in [4.69, 9.17) is 23.2 Å². The maximum atomic E-state index is 12.7. The molecule has 0 N–H and O–H groups in total. The van der Waals surface area contributed by atoms with Crippen LogP contribution in [0.5, 0.6) is 0 Å². The molecule has 0 saturated carbocycles. The first-order chi connectivity index (χ1) is 9.20. The van der Waals surface area contributed by atoms with Gasteiger partial charge in [-0.15, -0.1) is 0 Å². The second-order valence-electron chi connectivity index (χ2n) is 3.99. The minimum Gasteiger partial charge on any atom is -0.287 e. The van der Waals surface area contributed by atoms with Gasteiger partial charge in [0, 0.05) is 23.7 Å². The molecule has 8 heteroatoms. The molecule has 0 aliphatic rings. The maximum Gasteiger partial charge on any atom is 0.433 e. The summed E-state index contributed by atoms with van der Waals surface area (Å²) in [4.78, 5) is 11.8. The summed E-state index contributed by atoms with van der Waals surface area (Å²) in [7, 11) is 1.11. The van der Waals surface area contributed by atoms with Crippen LogP contribution in [0.2, 0.25) is 10.0 Å². The SMILES string of the molecule is Cn1nc(-c2ccc(Cl)cc2Cl)c(=O)cc1C(F)(F)F. The minimum absolute atomic E-state index is 0.141. The largest absolute Gasteiger partial charge is 0.433 e. The third-order valence-corrected chi connectivity index (χ3v) is 3.12. The van der Waals surface area contributed by atoms with Crippen molar-refractivity contribution in [3.8, 4) is 11.3 Å². The average Bonchev–Trinajstić information content (AvgIpc) is 2.31. The van der Waals surface area contributed by atoms with Gasteiger partial charge in [0.05, 0.1) is 5.02 Å². The molecule has 2 rings (SSSR count). The van der Waals surface area contributed by atoms with Crippen LogP contribution in [0.4, 0.5) is 13.2 Å². The van der Waals surface area contributed by atoms with Crippen molar-refractivity contribution in [2.24, 2.45) is 7.05 Å². The molecule has 0 bridgehead atoms. The lowest BCUT2D eigenvalue weighted by molar-refractivity contribution is -0.144. The Labute approximate surface area is 121 Å². The van der Waals surface area contributed by atoms with Gasteiger partial charge < -0.3 is 0 Å². The lowest BCUT2D eigenvalue weighted by Gasteiger charge is -2.12. The summed E-state index contributed by atoms with van der Waals surface area (Å²) >= 11 is 11.6. The Bertz CT molecular complexity index is 726. The van der Waals surface area contributed by atoms with E-state index >= 15 is 0 Å². The van der Waals surface area contributed by atoms with Gasteiger partial charge in [-0.1, -0.05) is 23.2 Å². The van der Waals surface area contributed by atoms with E-state index in [0.717, 1.165) is 7.05 Å². The Balaban J connectivity index is 2.66. The number of rotatable bonds is 1. The van der Waals surface area contributed by atoms with Crippen LogP contribution < -0.4 is 5.43 Å². The predicted octanol–water partition coefficient (Wildman–Crippen LogP) is 3.77. The standard InChI is InChI=1S/C12H7Cl2F3N2O/c1-19-10(12(15,16)17)5-9(20)11(18-19)7-3-2-6(13)4-8(7)14/h2-5H,1H3. The molecule has 1 heterocycles. The summed E-state index contributed by atoms with van der Waals surface area (Å²) in [5.74, 6) is 0. The van der Waals surface area contributed by atoms with Crippen molar-refractivity contribution in [2.45, 2.75) is 6.18 Å². The Morgan fingerprint density at radius 3 is 2.40 bits per heavy atom. The number of alkyl halides is 3. The maximum absolute atomic E-state index is 12.7. The first kappa shape index (κ1) is 14.9. The van der Waals surface area contributed by atoms with Crippen LogP contribution in [-0.4, -0.2) is 9.78 Å². The third kappa shape index (κ3) is 2.81. The highest BCUT2D eigenvalue weighted by Crippen LogP contribution is 2.30.